The number of esters is 1. The second-order valence-electron chi connectivity index (χ2n) is 4.91. The third-order valence-electron chi connectivity index (χ3n) is 2.57. The van der Waals surface area contributed by atoms with Crippen molar-refractivity contribution in [1.29, 1.82) is 0 Å². The molecule has 0 radical (unpaired) electrons. The molecule has 0 bridgehead atoms. The average molecular weight is 255 g/mol. The summed E-state index contributed by atoms with van der Waals surface area (Å²) in [7, 11) is 3.95. The van der Waals surface area contributed by atoms with E-state index in [1.165, 1.54) is 0 Å². The molecule has 0 aliphatic rings. The molecule has 0 amide bonds. The van der Waals surface area contributed by atoms with Crippen molar-refractivity contribution in [1.82, 2.24) is 15.0 Å². The second-order valence-corrected chi connectivity index (χ2v) is 4.91. The van der Waals surface area contributed by atoms with Gasteiger partial charge in [0, 0.05) is 13.0 Å². The Kier molecular flexibility index (Phi) is 4.84. The van der Waals surface area contributed by atoms with E-state index < -0.39 is 5.41 Å². The Morgan fingerprint density at radius 1 is 1.44 bits per heavy atom. The van der Waals surface area contributed by atoms with Crippen LogP contribution in [-0.2, 0) is 21.4 Å². The lowest BCUT2D eigenvalue weighted by atomic mass is 9.94. The minimum atomic E-state index is -0.903. The van der Waals surface area contributed by atoms with Crippen molar-refractivity contribution in [3.8, 4) is 0 Å². The van der Waals surface area contributed by atoms with E-state index in [9.17, 15) is 4.79 Å². The molecule has 0 fully saturated rings. The van der Waals surface area contributed by atoms with Crippen LogP contribution in [0.3, 0.4) is 0 Å². The summed E-state index contributed by atoms with van der Waals surface area (Å²) in [6, 6.07) is 0. The largest absolute Gasteiger partial charge is 0.465 e. The molecule has 0 spiro atoms. The van der Waals surface area contributed by atoms with Gasteiger partial charge >= 0.3 is 5.97 Å². The van der Waals surface area contributed by atoms with Crippen molar-refractivity contribution >= 4 is 5.97 Å². The van der Waals surface area contributed by atoms with Gasteiger partial charge < -0.3 is 14.2 Å². The van der Waals surface area contributed by atoms with Crippen LogP contribution in [0.15, 0.2) is 4.52 Å². The number of rotatable bonds is 6. The van der Waals surface area contributed by atoms with Crippen LogP contribution in [0.5, 0.6) is 0 Å². The molecule has 0 N–H and O–H groups in total. The van der Waals surface area contributed by atoms with Crippen LogP contribution >= 0.6 is 0 Å². The summed E-state index contributed by atoms with van der Waals surface area (Å²) in [5.74, 6) is 0.554. The van der Waals surface area contributed by atoms with Crippen molar-refractivity contribution in [3.05, 3.63) is 11.7 Å². The highest BCUT2D eigenvalue weighted by atomic mass is 16.5. The standard InChI is InChI=1S/C12H21N3O3/c1-6-17-11(16)12(2,3)10-13-9(14-18-10)7-8-15(4)5/h6-8H2,1-5H3. The first-order valence-electron chi connectivity index (χ1n) is 6.03. The molecule has 102 valence electrons. The molecule has 0 aromatic carbocycles. The van der Waals surface area contributed by atoms with E-state index in [-0.39, 0.29) is 5.97 Å². The number of carbonyl (C=O) groups is 1. The van der Waals surface area contributed by atoms with Crippen LogP contribution < -0.4 is 0 Å². The van der Waals surface area contributed by atoms with Gasteiger partial charge in [0.2, 0.25) is 5.89 Å². The van der Waals surface area contributed by atoms with Crippen LogP contribution in [0, 0.1) is 0 Å². The van der Waals surface area contributed by atoms with E-state index in [0.29, 0.717) is 24.7 Å². The minimum Gasteiger partial charge on any atom is -0.465 e. The Hall–Kier alpha value is -1.43. The molecule has 0 atom stereocenters. The van der Waals surface area contributed by atoms with E-state index in [2.05, 4.69) is 10.1 Å². The maximum atomic E-state index is 11.8. The Bertz CT molecular complexity index is 399. The van der Waals surface area contributed by atoms with Crippen molar-refractivity contribution in [2.24, 2.45) is 0 Å². The average Bonchev–Trinajstić information content (AvgIpc) is 2.75. The molecule has 6 heteroatoms. The van der Waals surface area contributed by atoms with Crippen LogP contribution in [0.2, 0.25) is 0 Å². The SMILES string of the molecule is CCOC(=O)C(C)(C)c1nc(CCN(C)C)no1. The first kappa shape index (κ1) is 14.6. The molecule has 0 unspecified atom stereocenters. The molecule has 0 aliphatic carbocycles. The highest BCUT2D eigenvalue weighted by Crippen LogP contribution is 2.23. The number of carbonyl (C=O) groups excluding carboxylic acids is 1. The molecule has 1 rings (SSSR count). The Morgan fingerprint density at radius 3 is 2.67 bits per heavy atom. The molecular formula is C12H21N3O3. The van der Waals surface area contributed by atoms with Gasteiger partial charge in [0.25, 0.3) is 0 Å². The highest BCUT2D eigenvalue weighted by molar-refractivity contribution is 5.80. The number of aromatic nitrogens is 2. The van der Waals surface area contributed by atoms with Gasteiger partial charge in [-0.2, -0.15) is 4.98 Å². The second kappa shape index (κ2) is 5.95. The summed E-state index contributed by atoms with van der Waals surface area (Å²) in [4.78, 5) is 18.1. The van der Waals surface area contributed by atoms with Crippen molar-refractivity contribution < 1.29 is 14.1 Å². The summed E-state index contributed by atoms with van der Waals surface area (Å²) in [6.45, 7) is 6.37. The molecule has 0 saturated carbocycles. The summed E-state index contributed by atoms with van der Waals surface area (Å²) in [5.41, 5.74) is -0.903. The van der Waals surface area contributed by atoms with Crippen molar-refractivity contribution in [3.63, 3.8) is 0 Å². The van der Waals surface area contributed by atoms with Gasteiger partial charge in [-0.3, -0.25) is 4.79 Å². The molecule has 0 aliphatic heterocycles. The topological polar surface area (TPSA) is 68.5 Å². The number of ether oxygens (including phenoxy) is 1. The number of likely N-dealkylation sites (N-methyl/N-ethyl adjacent to an activating group) is 1. The fraction of sp³-hybridized carbons (Fsp3) is 0.750. The summed E-state index contributed by atoms with van der Waals surface area (Å²) < 4.78 is 10.1. The van der Waals surface area contributed by atoms with Crippen molar-refractivity contribution in [2.75, 3.05) is 27.2 Å². The van der Waals surface area contributed by atoms with E-state index in [1.54, 1.807) is 20.8 Å². The summed E-state index contributed by atoms with van der Waals surface area (Å²) >= 11 is 0. The van der Waals surface area contributed by atoms with Crippen molar-refractivity contribution in [2.45, 2.75) is 32.6 Å². The molecule has 6 nitrogen and oxygen atoms in total. The minimum absolute atomic E-state index is 0.301. The number of hydrogen-bond acceptors (Lipinski definition) is 6. The number of hydrogen-bond donors (Lipinski definition) is 0. The Labute approximate surface area is 107 Å². The first-order valence-corrected chi connectivity index (χ1v) is 6.03. The smallest absolute Gasteiger partial charge is 0.321 e. The van der Waals surface area contributed by atoms with Gasteiger partial charge in [-0.05, 0) is 34.9 Å². The number of nitrogens with zero attached hydrogens (tertiary/aromatic N) is 3. The van der Waals surface area contributed by atoms with Crippen LogP contribution in [0.25, 0.3) is 0 Å². The van der Waals surface area contributed by atoms with E-state index >= 15 is 0 Å². The Morgan fingerprint density at radius 2 is 2.11 bits per heavy atom. The molecule has 1 aromatic rings. The highest BCUT2D eigenvalue weighted by Gasteiger charge is 2.37. The lowest BCUT2D eigenvalue weighted by molar-refractivity contribution is -0.149. The third kappa shape index (κ3) is 3.53. The van der Waals surface area contributed by atoms with E-state index in [0.717, 1.165) is 6.54 Å². The third-order valence-corrected chi connectivity index (χ3v) is 2.57. The van der Waals surface area contributed by atoms with Gasteiger partial charge in [0.05, 0.1) is 6.61 Å². The summed E-state index contributed by atoms with van der Waals surface area (Å²) in [6.07, 6.45) is 0.690. The van der Waals surface area contributed by atoms with Crippen LogP contribution in [0.4, 0.5) is 0 Å². The molecule has 1 heterocycles. The first-order chi connectivity index (χ1) is 8.37. The molecule has 18 heavy (non-hydrogen) atoms. The van der Waals surface area contributed by atoms with Gasteiger partial charge in [-0.1, -0.05) is 5.16 Å². The van der Waals surface area contributed by atoms with Gasteiger partial charge in [-0.25, -0.2) is 0 Å². The van der Waals surface area contributed by atoms with Gasteiger partial charge in [-0.15, -0.1) is 0 Å². The monoisotopic (exact) mass is 255 g/mol. The zero-order valence-electron chi connectivity index (χ0n) is 11.7. The van der Waals surface area contributed by atoms with Gasteiger partial charge in [0.15, 0.2) is 5.82 Å². The molecule has 0 saturated heterocycles. The zero-order valence-corrected chi connectivity index (χ0v) is 11.7. The van der Waals surface area contributed by atoms with Crippen LogP contribution in [-0.4, -0.2) is 48.3 Å². The maximum absolute atomic E-state index is 11.8. The molecule has 1 aromatic heterocycles. The fourth-order valence-corrected chi connectivity index (χ4v) is 1.33. The predicted molar refractivity (Wildman–Crippen MR) is 66.2 cm³/mol. The molecular weight excluding hydrogens is 234 g/mol. The fourth-order valence-electron chi connectivity index (χ4n) is 1.33. The van der Waals surface area contributed by atoms with Crippen LogP contribution in [0.1, 0.15) is 32.5 Å². The van der Waals surface area contributed by atoms with E-state index in [1.807, 2.05) is 19.0 Å². The van der Waals surface area contributed by atoms with Gasteiger partial charge in [0.1, 0.15) is 5.41 Å². The normalized spacial score (nSPS) is 11.9. The summed E-state index contributed by atoms with van der Waals surface area (Å²) in [5, 5.41) is 3.88. The maximum Gasteiger partial charge on any atom is 0.321 e. The predicted octanol–water partition coefficient (Wildman–Crippen LogP) is 1.01. The quantitative estimate of drug-likeness (QED) is 0.707. The Balaban J connectivity index is 2.74. The zero-order chi connectivity index (χ0) is 13.8. The van der Waals surface area contributed by atoms with E-state index in [4.69, 9.17) is 9.26 Å². The lowest BCUT2D eigenvalue weighted by Crippen LogP contribution is -2.31. The lowest BCUT2D eigenvalue weighted by Gasteiger charge is -2.17.